The van der Waals surface area contributed by atoms with Gasteiger partial charge in [0, 0.05) is 21.3 Å². The van der Waals surface area contributed by atoms with Gasteiger partial charge in [-0.05, 0) is 40.9 Å². The van der Waals surface area contributed by atoms with Gasteiger partial charge in [0.2, 0.25) is 0 Å². The van der Waals surface area contributed by atoms with Crippen LogP contribution < -0.4 is 5.32 Å². The molecule has 1 aliphatic rings. The highest BCUT2D eigenvalue weighted by Crippen LogP contribution is 2.37. The second-order valence-electron chi connectivity index (χ2n) is 3.80. The number of rotatable bonds is 5. The van der Waals surface area contributed by atoms with E-state index in [0.717, 1.165) is 24.0 Å². The first-order chi connectivity index (χ1) is 7.16. The first-order valence-electron chi connectivity index (χ1n) is 4.83. The van der Waals surface area contributed by atoms with Crippen molar-refractivity contribution in [3.63, 3.8) is 0 Å². The van der Waals surface area contributed by atoms with Crippen molar-refractivity contribution in [3.8, 4) is 0 Å². The predicted octanol–water partition coefficient (Wildman–Crippen LogP) is 2.32. The van der Waals surface area contributed by atoms with Crippen LogP contribution in [-0.4, -0.2) is 17.6 Å². The monoisotopic (exact) mass is 289 g/mol. The van der Waals surface area contributed by atoms with Crippen molar-refractivity contribution < 1.29 is 9.90 Å². The second kappa shape index (κ2) is 4.63. The lowest BCUT2D eigenvalue weighted by molar-refractivity contribution is -0.138. The summed E-state index contributed by atoms with van der Waals surface area (Å²) in [5, 5.41) is 14.0. The van der Waals surface area contributed by atoms with Gasteiger partial charge in [-0.15, -0.1) is 11.3 Å². The van der Waals surface area contributed by atoms with Crippen molar-refractivity contribution in [1.29, 1.82) is 0 Å². The van der Waals surface area contributed by atoms with Gasteiger partial charge in [0.05, 0.1) is 5.92 Å². The second-order valence-corrected chi connectivity index (χ2v) is 5.71. The molecule has 0 spiro atoms. The minimum atomic E-state index is -0.652. The fraction of sp³-hybridized carbons (Fsp3) is 0.500. The molecule has 5 heteroatoms. The van der Waals surface area contributed by atoms with E-state index in [-0.39, 0.29) is 5.92 Å². The van der Waals surface area contributed by atoms with Gasteiger partial charge >= 0.3 is 5.97 Å². The molecule has 1 aromatic heterocycles. The molecule has 0 aliphatic heterocycles. The largest absolute Gasteiger partial charge is 0.481 e. The zero-order chi connectivity index (χ0) is 10.8. The van der Waals surface area contributed by atoms with E-state index in [2.05, 4.69) is 27.3 Å². The Hall–Kier alpha value is -0.390. The van der Waals surface area contributed by atoms with Crippen LogP contribution in [0.2, 0.25) is 0 Å². The minimum absolute atomic E-state index is 0.104. The van der Waals surface area contributed by atoms with Crippen LogP contribution in [0.4, 0.5) is 0 Å². The van der Waals surface area contributed by atoms with E-state index in [1.54, 1.807) is 11.3 Å². The van der Waals surface area contributed by atoms with Gasteiger partial charge < -0.3 is 10.4 Å². The van der Waals surface area contributed by atoms with Gasteiger partial charge in [0.15, 0.2) is 0 Å². The maximum atomic E-state index is 10.6. The lowest BCUT2D eigenvalue weighted by Gasteiger charge is -2.00. The van der Waals surface area contributed by atoms with Crippen LogP contribution in [0, 0.1) is 11.8 Å². The van der Waals surface area contributed by atoms with E-state index < -0.39 is 5.97 Å². The molecule has 1 fully saturated rings. The molecule has 0 amide bonds. The number of carboxylic acid groups (broad SMARTS) is 1. The first-order valence-corrected chi connectivity index (χ1v) is 6.50. The number of hydrogen-bond donors (Lipinski definition) is 2. The average molecular weight is 290 g/mol. The molecule has 0 bridgehead atoms. The van der Waals surface area contributed by atoms with Gasteiger partial charge in [-0.25, -0.2) is 0 Å². The summed E-state index contributed by atoms with van der Waals surface area (Å²) in [5.74, 6) is -0.417. The normalized spacial score (nSPS) is 24.1. The van der Waals surface area contributed by atoms with Gasteiger partial charge in [0.25, 0.3) is 0 Å². The molecule has 1 aliphatic carbocycles. The molecule has 2 atom stereocenters. The smallest absolute Gasteiger partial charge is 0.306 e. The number of carboxylic acids is 1. The van der Waals surface area contributed by atoms with Crippen molar-refractivity contribution in [2.24, 2.45) is 11.8 Å². The Balaban J connectivity index is 1.66. The minimum Gasteiger partial charge on any atom is -0.481 e. The van der Waals surface area contributed by atoms with Crippen LogP contribution in [0.25, 0.3) is 0 Å². The summed E-state index contributed by atoms with van der Waals surface area (Å²) in [6.07, 6.45) is 0.830. The third-order valence-electron chi connectivity index (χ3n) is 2.57. The Labute approximate surface area is 101 Å². The SMILES string of the molecule is O=C(O)C1CC1CNCc1cc(Br)cs1. The van der Waals surface area contributed by atoms with Crippen LogP contribution >= 0.6 is 27.3 Å². The molecule has 2 rings (SSSR count). The van der Waals surface area contributed by atoms with Gasteiger partial charge in [-0.3, -0.25) is 4.79 Å². The van der Waals surface area contributed by atoms with Gasteiger partial charge in [-0.2, -0.15) is 0 Å². The molecular formula is C10H12BrNO2S. The molecular weight excluding hydrogens is 278 g/mol. The summed E-state index contributed by atoms with van der Waals surface area (Å²) in [5.41, 5.74) is 0. The average Bonchev–Trinajstić information content (AvgIpc) is 2.83. The van der Waals surface area contributed by atoms with Crippen molar-refractivity contribution in [2.45, 2.75) is 13.0 Å². The third kappa shape index (κ3) is 3.03. The molecule has 3 nitrogen and oxygen atoms in total. The number of thiophene rings is 1. The maximum Gasteiger partial charge on any atom is 0.306 e. The standard InChI is InChI=1S/C10H12BrNO2S/c11-7-2-8(15-5-7)4-12-3-6-1-9(6)10(13)14/h2,5-6,9,12H,1,3-4H2,(H,13,14). The van der Waals surface area contributed by atoms with E-state index in [4.69, 9.17) is 5.11 Å². The zero-order valence-corrected chi connectivity index (χ0v) is 10.5. The van der Waals surface area contributed by atoms with E-state index in [9.17, 15) is 4.79 Å². The van der Waals surface area contributed by atoms with Crippen LogP contribution in [0.15, 0.2) is 15.9 Å². The Morgan fingerprint density at radius 2 is 2.53 bits per heavy atom. The summed E-state index contributed by atoms with van der Waals surface area (Å²) in [7, 11) is 0. The summed E-state index contributed by atoms with van der Waals surface area (Å²) in [6.45, 7) is 1.64. The van der Waals surface area contributed by atoms with Crippen LogP contribution in [-0.2, 0) is 11.3 Å². The molecule has 2 unspecified atom stereocenters. The van der Waals surface area contributed by atoms with Crippen molar-refractivity contribution in [2.75, 3.05) is 6.54 Å². The lowest BCUT2D eigenvalue weighted by atomic mass is 10.3. The third-order valence-corrected chi connectivity index (χ3v) is 4.26. The number of halogens is 1. The van der Waals surface area contributed by atoms with E-state index in [0.29, 0.717) is 5.92 Å². The van der Waals surface area contributed by atoms with Crippen molar-refractivity contribution in [1.82, 2.24) is 5.32 Å². The highest BCUT2D eigenvalue weighted by Gasteiger charge is 2.42. The fourth-order valence-corrected chi connectivity index (χ4v) is 3.02. The number of carbonyl (C=O) groups is 1. The molecule has 0 aromatic carbocycles. The molecule has 1 saturated carbocycles. The summed E-state index contributed by atoms with van der Waals surface area (Å²) in [4.78, 5) is 11.8. The van der Waals surface area contributed by atoms with Crippen LogP contribution in [0.5, 0.6) is 0 Å². The zero-order valence-electron chi connectivity index (χ0n) is 8.07. The van der Waals surface area contributed by atoms with Crippen molar-refractivity contribution in [3.05, 3.63) is 20.8 Å². The molecule has 0 saturated heterocycles. The Kier molecular flexibility index (Phi) is 3.43. The first kappa shape index (κ1) is 11.1. The Morgan fingerprint density at radius 1 is 1.73 bits per heavy atom. The molecule has 82 valence electrons. The highest BCUT2D eigenvalue weighted by molar-refractivity contribution is 9.10. The van der Waals surface area contributed by atoms with Crippen molar-refractivity contribution >= 4 is 33.2 Å². The molecule has 1 heterocycles. The Bertz CT molecular complexity index is 366. The molecule has 2 N–H and O–H groups in total. The predicted molar refractivity (Wildman–Crippen MR) is 63.0 cm³/mol. The number of nitrogens with one attached hydrogen (secondary N) is 1. The lowest BCUT2D eigenvalue weighted by Crippen LogP contribution is -2.17. The highest BCUT2D eigenvalue weighted by atomic mass is 79.9. The maximum absolute atomic E-state index is 10.6. The van der Waals surface area contributed by atoms with E-state index in [1.807, 2.05) is 5.38 Å². The van der Waals surface area contributed by atoms with Gasteiger partial charge in [-0.1, -0.05) is 0 Å². The van der Waals surface area contributed by atoms with E-state index in [1.165, 1.54) is 4.88 Å². The van der Waals surface area contributed by atoms with Gasteiger partial charge in [0.1, 0.15) is 0 Å². The molecule has 0 radical (unpaired) electrons. The van der Waals surface area contributed by atoms with Crippen LogP contribution in [0.1, 0.15) is 11.3 Å². The van der Waals surface area contributed by atoms with E-state index >= 15 is 0 Å². The van der Waals surface area contributed by atoms with Crippen LogP contribution in [0.3, 0.4) is 0 Å². The fourth-order valence-electron chi connectivity index (χ4n) is 1.60. The molecule has 15 heavy (non-hydrogen) atoms. The molecule has 1 aromatic rings. The topological polar surface area (TPSA) is 49.3 Å². The number of aliphatic carboxylic acids is 1. The quantitative estimate of drug-likeness (QED) is 0.875. The summed E-state index contributed by atoms with van der Waals surface area (Å²) < 4.78 is 1.11. The Morgan fingerprint density at radius 3 is 3.07 bits per heavy atom. The number of hydrogen-bond acceptors (Lipinski definition) is 3. The summed E-state index contributed by atoms with van der Waals surface area (Å²) in [6, 6.07) is 2.08. The summed E-state index contributed by atoms with van der Waals surface area (Å²) >= 11 is 5.10.